The number of hydrogen-bond donors (Lipinski definition) is 0. The molecule has 1 saturated heterocycles. The molecule has 0 radical (unpaired) electrons. The minimum absolute atomic E-state index is 0.0160. The molecule has 16 heteroatoms. The normalized spacial score (nSPS) is 15.7. The summed E-state index contributed by atoms with van der Waals surface area (Å²) in [7, 11) is -3.89. The molecule has 1 aromatic carbocycles. The van der Waals surface area contributed by atoms with Crippen LogP contribution in [0.5, 0.6) is 0 Å². The molecule has 0 aliphatic carbocycles. The number of anilines is 1. The van der Waals surface area contributed by atoms with E-state index in [1.165, 1.54) is 18.2 Å². The molecule has 0 atom stereocenters. The van der Waals surface area contributed by atoms with Crippen molar-refractivity contribution in [3.8, 4) is 0 Å². The summed E-state index contributed by atoms with van der Waals surface area (Å²) >= 11 is 0.706. The lowest BCUT2D eigenvalue weighted by Crippen LogP contribution is -2.49. The van der Waals surface area contributed by atoms with Crippen LogP contribution in [0.1, 0.15) is 17.0 Å². The molecule has 3 aromatic rings. The quantitative estimate of drug-likeness (QED) is 0.376. The Kier molecular flexibility index (Phi) is 5.85. The number of nitro groups is 1. The molecule has 0 spiro atoms. The molecule has 0 bridgehead atoms. The van der Waals surface area contributed by atoms with Gasteiger partial charge in [0.2, 0.25) is 10.0 Å². The Morgan fingerprint density at radius 2 is 1.82 bits per heavy atom. The van der Waals surface area contributed by atoms with Gasteiger partial charge in [0.25, 0.3) is 11.2 Å². The van der Waals surface area contributed by atoms with Crippen molar-refractivity contribution >= 4 is 42.3 Å². The fraction of sp³-hybridized carbons (Fsp3) is 0.389. The molecule has 0 amide bonds. The van der Waals surface area contributed by atoms with Gasteiger partial charge in [0.15, 0.2) is 10.9 Å². The van der Waals surface area contributed by atoms with Gasteiger partial charge < -0.3 is 9.42 Å². The second-order valence-electron chi connectivity index (χ2n) is 7.47. The molecule has 4 rings (SSSR count). The van der Waals surface area contributed by atoms with Gasteiger partial charge in [-0.15, -0.1) is 0 Å². The third-order valence-corrected chi connectivity index (χ3v) is 8.60. The highest BCUT2D eigenvalue weighted by molar-refractivity contribution is 7.89. The first-order valence-corrected chi connectivity index (χ1v) is 11.9. The molecule has 182 valence electrons. The number of alkyl halides is 3. The summed E-state index contributed by atoms with van der Waals surface area (Å²) in [6, 6.07) is 0.933. The van der Waals surface area contributed by atoms with E-state index in [1.54, 1.807) is 4.90 Å². The number of benzene rings is 1. The maximum Gasteiger partial charge on any atom is 0.416 e. The highest BCUT2D eigenvalue weighted by Crippen LogP contribution is 2.38. The van der Waals surface area contributed by atoms with Gasteiger partial charge in [-0.05, 0) is 19.9 Å². The summed E-state index contributed by atoms with van der Waals surface area (Å²) in [4.78, 5) is 28.3. The maximum absolute atomic E-state index is 13.1. The van der Waals surface area contributed by atoms with Crippen LogP contribution in [0.2, 0.25) is 0 Å². The predicted molar refractivity (Wildman–Crippen MR) is 114 cm³/mol. The number of non-ortho nitro benzene ring substituents is 1. The van der Waals surface area contributed by atoms with E-state index in [4.69, 9.17) is 4.52 Å². The first kappa shape index (κ1) is 24.0. The third kappa shape index (κ3) is 4.12. The summed E-state index contributed by atoms with van der Waals surface area (Å²) in [6.07, 6.45) is -4.88. The van der Waals surface area contributed by atoms with Crippen molar-refractivity contribution in [2.24, 2.45) is 0 Å². The van der Waals surface area contributed by atoms with Crippen molar-refractivity contribution in [3.63, 3.8) is 0 Å². The molecule has 0 N–H and O–H groups in total. The first-order valence-electron chi connectivity index (χ1n) is 9.69. The Bertz CT molecular complexity index is 1440. The lowest BCUT2D eigenvalue weighted by molar-refractivity contribution is -0.383. The molecule has 1 aliphatic rings. The van der Waals surface area contributed by atoms with Crippen molar-refractivity contribution in [1.29, 1.82) is 0 Å². The lowest BCUT2D eigenvalue weighted by Gasteiger charge is -2.34. The van der Waals surface area contributed by atoms with E-state index in [2.05, 4.69) is 10.1 Å². The van der Waals surface area contributed by atoms with Crippen molar-refractivity contribution in [1.82, 2.24) is 14.4 Å². The predicted octanol–water partition coefficient (Wildman–Crippen LogP) is 2.70. The van der Waals surface area contributed by atoms with Crippen LogP contribution in [0.25, 0.3) is 10.1 Å². The molecule has 1 aliphatic heterocycles. The number of rotatable bonds is 4. The largest absolute Gasteiger partial charge is 0.416 e. The fourth-order valence-corrected chi connectivity index (χ4v) is 6.50. The molecule has 3 heterocycles. The van der Waals surface area contributed by atoms with Crippen LogP contribution in [-0.2, 0) is 16.2 Å². The zero-order chi connectivity index (χ0) is 25.0. The molecule has 2 aromatic heterocycles. The summed E-state index contributed by atoms with van der Waals surface area (Å²) in [5, 5.41) is 14.6. The average Bonchev–Trinajstić information content (AvgIpc) is 3.11. The second-order valence-corrected chi connectivity index (χ2v) is 10.3. The fourth-order valence-electron chi connectivity index (χ4n) is 3.67. The smallest absolute Gasteiger partial charge is 0.360 e. The van der Waals surface area contributed by atoms with Crippen molar-refractivity contribution in [2.45, 2.75) is 24.9 Å². The molecule has 34 heavy (non-hydrogen) atoms. The Hall–Kier alpha value is -3.11. The molecule has 0 unspecified atom stereocenters. The van der Waals surface area contributed by atoms with Crippen LogP contribution in [-0.4, -0.2) is 54.0 Å². The van der Waals surface area contributed by atoms with E-state index in [-0.39, 0.29) is 52.4 Å². The number of hydrogen-bond acceptors (Lipinski definition) is 10. The van der Waals surface area contributed by atoms with E-state index in [0.717, 1.165) is 0 Å². The van der Waals surface area contributed by atoms with Crippen LogP contribution in [0.4, 0.5) is 24.0 Å². The van der Waals surface area contributed by atoms with Crippen LogP contribution in [0.15, 0.2) is 26.3 Å². The topological polar surface area (TPSA) is 140 Å². The Balaban J connectivity index is 1.66. The van der Waals surface area contributed by atoms with Gasteiger partial charge in [0.1, 0.15) is 15.3 Å². The summed E-state index contributed by atoms with van der Waals surface area (Å²) in [5.41, 5.74) is -2.98. The standard InChI is InChI=1S/C18H16F3N5O6S2/c1-9-15(10(2)32-23-9)34(30,31)25-5-3-24(4-6-25)17-22-16(27)12-7-11(18(19,20)21)8-13(26(28)29)14(12)33-17/h7-8H,3-6H2,1-2H3. The van der Waals surface area contributed by atoms with E-state index < -0.39 is 43.3 Å². The molecular weight excluding hydrogens is 503 g/mol. The van der Waals surface area contributed by atoms with Gasteiger partial charge in [-0.25, -0.2) is 8.42 Å². The van der Waals surface area contributed by atoms with Crippen molar-refractivity contribution < 1.29 is 31.0 Å². The zero-order valence-corrected chi connectivity index (χ0v) is 19.3. The number of nitro benzene ring substituents is 1. The number of aromatic nitrogens is 2. The Morgan fingerprint density at radius 1 is 1.18 bits per heavy atom. The highest BCUT2D eigenvalue weighted by Gasteiger charge is 2.36. The van der Waals surface area contributed by atoms with Gasteiger partial charge in [-0.1, -0.05) is 16.5 Å². The van der Waals surface area contributed by atoms with Crippen LogP contribution >= 0.6 is 11.3 Å². The monoisotopic (exact) mass is 519 g/mol. The first-order chi connectivity index (χ1) is 15.8. The number of piperazine rings is 1. The summed E-state index contributed by atoms with van der Waals surface area (Å²) < 4.78 is 71.3. The number of aryl methyl sites for hydroxylation is 2. The van der Waals surface area contributed by atoms with Gasteiger partial charge in [-0.2, -0.15) is 22.5 Å². The van der Waals surface area contributed by atoms with Crippen molar-refractivity contribution in [2.75, 3.05) is 31.1 Å². The SMILES string of the molecule is Cc1noc(C)c1S(=O)(=O)N1CCN(c2nc(=O)c3cc(C(F)(F)F)cc([N+](=O)[O-])c3s2)CC1. The second kappa shape index (κ2) is 8.28. The molecular formula is C18H16F3N5O6S2. The van der Waals surface area contributed by atoms with Gasteiger partial charge >= 0.3 is 6.18 Å². The number of fused-ring (bicyclic) bond motifs is 1. The molecule has 11 nitrogen and oxygen atoms in total. The molecule has 0 saturated carbocycles. The summed E-state index contributed by atoms with van der Waals surface area (Å²) in [5.74, 6) is 0.153. The minimum Gasteiger partial charge on any atom is -0.360 e. The van der Waals surface area contributed by atoms with E-state index >= 15 is 0 Å². The minimum atomic E-state index is -4.88. The Labute approximate surface area is 193 Å². The zero-order valence-electron chi connectivity index (χ0n) is 17.6. The average molecular weight is 519 g/mol. The van der Waals surface area contributed by atoms with Gasteiger partial charge in [0.05, 0.1) is 15.9 Å². The Morgan fingerprint density at radius 3 is 2.35 bits per heavy atom. The van der Waals surface area contributed by atoms with E-state index in [1.807, 2.05) is 0 Å². The summed E-state index contributed by atoms with van der Waals surface area (Å²) in [6.45, 7) is 3.23. The number of halogens is 3. The van der Waals surface area contributed by atoms with Gasteiger partial charge in [-0.3, -0.25) is 14.9 Å². The van der Waals surface area contributed by atoms with Crippen molar-refractivity contribution in [3.05, 3.63) is 49.6 Å². The lowest BCUT2D eigenvalue weighted by atomic mass is 10.1. The van der Waals surface area contributed by atoms with Crippen LogP contribution in [0.3, 0.4) is 0 Å². The molecule has 1 fully saturated rings. The maximum atomic E-state index is 13.1. The highest BCUT2D eigenvalue weighted by atomic mass is 32.2. The third-order valence-electron chi connectivity index (χ3n) is 5.29. The van der Waals surface area contributed by atoms with E-state index in [9.17, 15) is 36.5 Å². The van der Waals surface area contributed by atoms with Crippen LogP contribution < -0.4 is 10.5 Å². The number of sulfonamides is 1. The number of nitrogens with zero attached hydrogens (tertiary/aromatic N) is 5. The van der Waals surface area contributed by atoms with E-state index in [0.29, 0.717) is 23.5 Å². The van der Waals surface area contributed by atoms with Crippen LogP contribution in [0, 0.1) is 24.0 Å². The van der Waals surface area contributed by atoms with Gasteiger partial charge in [0, 0.05) is 32.2 Å².